The highest BCUT2D eigenvalue weighted by atomic mass is 35.5. The van der Waals surface area contributed by atoms with E-state index in [1.807, 2.05) is 6.20 Å². The van der Waals surface area contributed by atoms with E-state index in [2.05, 4.69) is 35.1 Å². The highest BCUT2D eigenvalue weighted by Crippen LogP contribution is 2.20. The Morgan fingerprint density at radius 1 is 1.38 bits per heavy atom. The standard InChI is InChI=1S/C16H21N3O.ClH/c1-2-9-18-16(20)6-4-12-3-5-15-14(10-12)13(7-8-17)11-19-15;/h2-3,5,10-11,19H,1,4,6-9,17H2,(H,18,20);1H. The first kappa shape index (κ1) is 17.3. The molecule has 1 aromatic heterocycles. The number of fused-ring (bicyclic) bond motifs is 1. The summed E-state index contributed by atoms with van der Waals surface area (Å²) in [5.74, 6) is 0.0567. The van der Waals surface area contributed by atoms with Gasteiger partial charge in [-0.3, -0.25) is 4.79 Å². The van der Waals surface area contributed by atoms with Gasteiger partial charge in [0.2, 0.25) is 5.91 Å². The van der Waals surface area contributed by atoms with E-state index in [0.717, 1.165) is 18.4 Å². The van der Waals surface area contributed by atoms with Crippen molar-refractivity contribution in [1.82, 2.24) is 10.3 Å². The third-order valence-electron chi connectivity index (χ3n) is 3.33. The molecule has 0 radical (unpaired) electrons. The number of aromatic nitrogens is 1. The molecule has 0 fully saturated rings. The molecule has 4 N–H and O–H groups in total. The van der Waals surface area contributed by atoms with Gasteiger partial charge in [-0.05, 0) is 42.6 Å². The van der Waals surface area contributed by atoms with Gasteiger partial charge in [0.25, 0.3) is 0 Å². The molecular weight excluding hydrogens is 286 g/mol. The van der Waals surface area contributed by atoms with E-state index >= 15 is 0 Å². The molecule has 1 amide bonds. The van der Waals surface area contributed by atoms with Crippen molar-refractivity contribution in [3.8, 4) is 0 Å². The molecule has 0 spiro atoms. The molecule has 1 heterocycles. The van der Waals surface area contributed by atoms with Crippen LogP contribution < -0.4 is 11.1 Å². The molecule has 0 saturated carbocycles. The number of carbonyl (C=O) groups is 1. The maximum atomic E-state index is 11.6. The zero-order valence-electron chi connectivity index (χ0n) is 12.0. The van der Waals surface area contributed by atoms with Crippen molar-refractivity contribution < 1.29 is 4.79 Å². The van der Waals surface area contributed by atoms with E-state index in [4.69, 9.17) is 5.73 Å². The molecule has 0 aliphatic rings. The fraction of sp³-hybridized carbons (Fsp3) is 0.312. The summed E-state index contributed by atoms with van der Waals surface area (Å²) in [7, 11) is 0. The van der Waals surface area contributed by atoms with Gasteiger partial charge in [0.1, 0.15) is 0 Å². The van der Waals surface area contributed by atoms with Crippen molar-refractivity contribution in [2.24, 2.45) is 5.73 Å². The Bertz CT molecular complexity index is 607. The Morgan fingerprint density at radius 2 is 2.19 bits per heavy atom. The molecule has 2 rings (SSSR count). The molecule has 21 heavy (non-hydrogen) atoms. The second-order valence-electron chi connectivity index (χ2n) is 4.83. The van der Waals surface area contributed by atoms with Crippen molar-refractivity contribution in [3.63, 3.8) is 0 Å². The van der Waals surface area contributed by atoms with Crippen LogP contribution in [0.2, 0.25) is 0 Å². The molecule has 0 saturated heterocycles. The molecule has 4 nitrogen and oxygen atoms in total. The zero-order valence-corrected chi connectivity index (χ0v) is 12.8. The molecule has 0 atom stereocenters. The van der Waals surface area contributed by atoms with Crippen LogP contribution in [0.4, 0.5) is 0 Å². The second kappa shape index (κ2) is 8.49. The van der Waals surface area contributed by atoms with E-state index in [1.54, 1.807) is 6.08 Å². The Balaban J connectivity index is 0.00000220. The average Bonchev–Trinajstić information content (AvgIpc) is 2.86. The van der Waals surface area contributed by atoms with Gasteiger partial charge < -0.3 is 16.0 Å². The molecule has 0 unspecified atom stereocenters. The molecule has 0 aliphatic heterocycles. The van der Waals surface area contributed by atoms with Crippen LogP contribution in [0.25, 0.3) is 10.9 Å². The van der Waals surface area contributed by atoms with Gasteiger partial charge in [-0.15, -0.1) is 19.0 Å². The number of amides is 1. The van der Waals surface area contributed by atoms with E-state index in [9.17, 15) is 4.79 Å². The van der Waals surface area contributed by atoms with Crippen LogP contribution in [0.5, 0.6) is 0 Å². The lowest BCUT2D eigenvalue weighted by atomic mass is 10.0. The predicted molar refractivity (Wildman–Crippen MR) is 89.8 cm³/mol. The first-order valence-electron chi connectivity index (χ1n) is 6.91. The van der Waals surface area contributed by atoms with Gasteiger partial charge >= 0.3 is 0 Å². The van der Waals surface area contributed by atoms with Crippen LogP contribution >= 0.6 is 12.4 Å². The minimum absolute atomic E-state index is 0. The zero-order chi connectivity index (χ0) is 14.4. The monoisotopic (exact) mass is 307 g/mol. The van der Waals surface area contributed by atoms with Crippen LogP contribution in [0, 0.1) is 0 Å². The first-order chi connectivity index (χ1) is 9.74. The number of nitrogens with one attached hydrogen (secondary N) is 2. The smallest absolute Gasteiger partial charge is 0.220 e. The molecular formula is C16H22ClN3O. The van der Waals surface area contributed by atoms with Crippen molar-refractivity contribution >= 4 is 29.2 Å². The summed E-state index contributed by atoms with van der Waals surface area (Å²) in [6, 6.07) is 6.27. The van der Waals surface area contributed by atoms with Crippen molar-refractivity contribution in [2.45, 2.75) is 19.3 Å². The summed E-state index contributed by atoms with van der Waals surface area (Å²) in [6.45, 7) is 4.74. The topological polar surface area (TPSA) is 70.9 Å². The van der Waals surface area contributed by atoms with Crippen LogP contribution in [0.15, 0.2) is 37.1 Å². The van der Waals surface area contributed by atoms with Gasteiger partial charge in [0.05, 0.1) is 0 Å². The largest absolute Gasteiger partial charge is 0.361 e. The number of halogens is 1. The molecule has 5 heteroatoms. The molecule has 0 aliphatic carbocycles. The number of hydrogen-bond donors (Lipinski definition) is 3. The molecule has 1 aromatic carbocycles. The number of H-pyrrole nitrogens is 1. The van der Waals surface area contributed by atoms with Gasteiger partial charge in [0.15, 0.2) is 0 Å². The lowest BCUT2D eigenvalue weighted by Gasteiger charge is -2.04. The SMILES string of the molecule is C=CCNC(=O)CCc1ccc2[nH]cc(CCN)c2c1.Cl. The third kappa shape index (κ3) is 4.62. The van der Waals surface area contributed by atoms with E-state index in [-0.39, 0.29) is 18.3 Å². The lowest BCUT2D eigenvalue weighted by Crippen LogP contribution is -2.23. The summed E-state index contributed by atoms with van der Waals surface area (Å²) >= 11 is 0. The summed E-state index contributed by atoms with van der Waals surface area (Å²) in [6.07, 6.45) is 5.80. The minimum atomic E-state index is 0. The van der Waals surface area contributed by atoms with Crippen LogP contribution in [-0.2, 0) is 17.6 Å². The van der Waals surface area contributed by atoms with Crippen molar-refractivity contribution in [1.29, 1.82) is 0 Å². The number of hydrogen-bond acceptors (Lipinski definition) is 2. The Labute approximate surface area is 131 Å². The fourth-order valence-electron chi connectivity index (χ4n) is 2.28. The Hall–Kier alpha value is -1.78. The maximum absolute atomic E-state index is 11.6. The summed E-state index contributed by atoms with van der Waals surface area (Å²) in [4.78, 5) is 14.8. The Morgan fingerprint density at radius 3 is 2.90 bits per heavy atom. The second-order valence-corrected chi connectivity index (χ2v) is 4.83. The lowest BCUT2D eigenvalue weighted by molar-refractivity contribution is -0.120. The van der Waals surface area contributed by atoms with Gasteiger partial charge in [-0.25, -0.2) is 0 Å². The predicted octanol–water partition coefficient (Wildman–Crippen LogP) is 2.33. The van der Waals surface area contributed by atoms with E-state index < -0.39 is 0 Å². The first-order valence-corrected chi connectivity index (χ1v) is 6.91. The number of carbonyl (C=O) groups excluding carboxylic acids is 1. The minimum Gasteiger partial charge on any atom is -0.361 e. The average molecular weight is 308 g/mol. The highest BCUT2D eigenvalue weighted by Gasteiger charge is 2.06. The van der Waals surface area contributed by atoms with Crippen molar-refractivity contribution in [3.05, 3.63) is 48.2 Å². The van der Waals surface area contributed by atoms with Crippen LogP contribution in [0.1, 0.15) is 17.5 Å². The number of rotatable bonds is 7. The van der Waals surface area contributed by atoms with Gasteiger partial charge in [0, 0.05) is 30.1 Å². The molecule has 2 aromatic rings. The fourth-order valence-corrected chi connectivity index (χ4v) is 2.28. The maximum Gasteiger partial charge on any atom is 0.220 e. The number of nitrogens with two attached hydrogens (primary N) is 1. The number of aryl methyl sites for hydroxylation is 1. The number of benzene rings is 1. The van der Waals surface area contributed by atoms with Crippen LogP contribution in [-0.4, -0.2) is 24.0 Å². The quantitative estimate of drug-likeness (QED) is 0.687. The van der Waals surface area contributed by atoms with E-state index in [1.165, 1.54) is 16.5 Å². The number of aromatic amines is 1. The Kier molecular flexibility index (Phi) is 6.99. The summed E-state index contributed by atoms with van der Waals surface area (Å²) in [5, 5.41) is 3.99. The normalized spacial score (nSPS) is 10.1. The van der Waals surface area contributed by atoms with Crippen LogP contribution in [0.3, 0.4) is 0 Å². The van der Waals surface area contributed by atoms with Gasteiger partial charge in [-0.1, -0.05) is 12.1 Å². The third-order valence-corrected chi connectivity index (χ3v) is 3.33. The molecule has 0 bridgehead atoms. The van der Waals surface area contributed by atoms with Gasteiger partial charge in [-0.2, -0.15) is 0 Å². The van der Waals surface area contributed by atoms with E-state index in [0.29, 0.717) is 19.5 Å². The summed E-state index contributed by atoms with van der Waals surface area (Å²) < 4.78 is 0. The summed E-state index contributed by atoms with van der Waals surface area (Å²) in [5.41, 5.74) is 9.14. The molecule has 114 valence electrons. The highest BCUT2D eigenvalue weighted by molar-refractivity contribution is 5.85. The van der Waals surface area contributed by atoms with Crippen molar-refractivity contribution in [2.75, 3.05) is 13.1 Å².